The number of carbonyl (C=O) groups excluding carboxylic acids is 2. The fourth-order valence-electron chi connectivity index (χ4n) is 1.95. The molecule has 0 radical (unpaired) electrons. The zero-order valence-electron chi connectivity index (χ0n) is 10.7. The highest BCUT2D eigenvalue weighted by Gasteiger charge is 2.28. The van der Waals surface area contributed by atoms with Crippen molar-refractivity contribution < 1.29 is 9.59 Å². The van der Waals surface area contributed by atoms with Crippen LogP contribution in [-0.2, 0) is 9.59 Å². The van der Waals surface area contributed by atoms with E-state index in [0.717, 1.165) is 19.4 Å². The van der Waals surface area contributed by atoms with Gasteiger partial charge in [0.25, 0.3) is 0 Å². The van der Waals surface area contributed by atoms with Crippen LogP contribution in [-0.4, -0.2) is 37.5 Å². The van der Waals surface area contributed by atoms with Crippen LogP contribution in [0.1, 0.15) is 33.1 Å². The summed E-state index contributed by atoms with van der Waals surface area (Å²) in [6, 6.07) is -0.0892. The minimum atomic E-state index is -0.0892. The van der Waals surface area contributed by atoms with Crippen molar-refractivity contribution in [1.29, 1.82) is 0 Å². The van der Waals surface area contributed by atoms with Crippen molar-refractivity contribution in [3.8, 4) is 0 Å². The summed E-state index contributed by atoms with van der Waals surface area (Å²) in [5.74, 6) is 0.391. The maximum absolute atomic E-state index is 11.7. The van der Waals surface area contributed by atoms with Gasteiger partial charge in [-0.25, -0.2) is 0 Å². The van der Waals surface area contributed by atoms with E-state index >= 15 is 0 Å². The molecule has 5 heteroatoms. The highest BCUT2D eigenvalue weighted by Crippen LogP contribution is 2.13. The summed E-state index contributed by atoms with van der Waals surface area (Å²) in [5, 5.41) is 8.74. The lowest BCUT2D eigenvalue weighted by Crippen LogP contribution is -2.44. The Balaban J connectivity index is 2.13. The van der Waals surface area contributed by atoms with Gasteiger partial charge in [-0.3, -0.25) is 9.59 Å². The number of rotatable bonds is 6. The fourth-order valence-corrected chi connectivity index (χ4v) is 1.95. The van der Waals surface area contributed by atoms with Gasteiger partial charge in [-0.05, 0) is 25.3 Å². The first kappa shape index (κ1) is 14.0. The zero-order valence-corrected chi connectivity index (χ0v) is 10.7. The third-order valence-corrected chi connectivity index (χ3v) is 3.04. The zero-order chi connectivity index (χ0) is 12.7. The summed E-state index contributed by atoms with van der Waals surface area (Å²) in [5.41, 5.74) is 0. The third kappa shape index (κ3) is 4.73. The predicted octanol–water partition coefficient (Wildman–Crippen LogP) is 0.0169. The average Bonchev–Trinajstić information content (AvgIpc) is 2.72. The molecule has 1 aliphatic heterocycles. The summed E-state index contributed by atoms with van der Waals surface area (Å²) >= 11 is 0. The topological polar surface area (TPSA) is 70.2 Å². The Morgan fingerprint density at radius 3 is 2.65 bits per heavy atom. The average molecular weight is 241 g/mol. The van der Waals surface area contributed by atoms with Crippen molar-refractivity contribution in [2.75, 3.05) is 19.6 Å². The van der Waals surface area contributed by atoms with Crippen molar-refractivity contribution >= 4 is 11.8 Å². The Labute approximate surface area is 103 Å². The van der Waals surface area contributed by atoms with E-state index in [1.807, 2.05) is 6.92 Å². The lowest BCUT2D eigenvalue weighted by atomic mass is 10.0. The molecule has 1 saturated heterocycles. The van der Waals surface area contributed by atoms with Gasteiger partial charge < -0.3 is 16.0 Å². The molecule has 0 aromatic carbocycles. The van der Waals surface area contributed by atoms with Crippen molar-refractivity contribution in [1.82, 2.24) is 16.0 Å². The van der Waals surface area contributed by atoms with Crippen LogP contribution in [0.5, 0.6) is 0 Å². The fraction of sp³-hybridized carbons (Fsp3) is 0.833. The number of carbonyl (C=O) groups is 2. The minimum absolute atomic E-state index is 0.000389. The lowest BCUT2D eigenvalue weighted by Gasteiger charge is -2.15. The normalized spacial score (nSPS) is 23.4. The molecule has 3 N–H and O–H groups in total. The molecule has 0 aliphatic carbocycles. The minimum Gasteiger partial charge on any atom is -0.356 e. The summed E-state index contributed by atoms with van der Waals surface area (Å²) in [6.07, 6.45) is 2.32. The second kappa shape index (κ2) is 7.27. The van der Waals surface area contributed by atoms with Gasteiger partial charge in [-0.1, -0.05) is 13.8 Å². The van der Waals surface area contributed by atoms with Crippen molar-refractivity contribution in [2.45, 2.75) is 39.2 Å². The first-order valence-electron chi connectivity index (χ1n) is 6.43. The van der Waals surface area contributed by atoms with Crippen LogP contribution in [0.2, 0.25) is 0 Å². The number of nitrogens with one attached hydrogen (secondary N) is 3. The van der Waals surface area contributed by atoms with E-state index in [4.69, 9.17) is 0 Å². The van der Waals surface area contributed by atoms with E-state index in [1.54, 1.807) is 0 Å². The van der Waals surface area contributed by atoms with Crippen LogP contribution in [0.4, 0.5) is 0 Å². The van der Waals surface area contributed by atoms with Crippen LogP contribution in [0.25, 0.3) is 0 Å². The summed E-state index contributed by atoms with van der Waals surface area (Å²) in [7, 11) is 0. The van der Waals surface area contributed by atoms with Crippen LogP contribution in [0, 0.1) is 5.92 Å². The van der Waals surface area contributed by atoms with Crippen molar-refractivity contribution in [2.24, 2.45) is 5.92 Å². The van der Waals surface area contributed by atoms with Crippen LogP contribution in [0.3, 0.4) is 0 Å². The second-order valence-electron chi connectivity index (χ2n) is 4.59. The predicted molar refractivity (Wildman–Crippen MR) is 66.5 cm³/mol. The molecule has 2 unspecified atom stereocenters. The first-order chi connectivity index (χ1) is 8.15. The van der Waals surface area contributed by atoms with Gasteiger partial charge in [0.15, 0.2) is 0 Å². The van der Waals surface area contributed by atoms with Gasteiger partial charge in [-0.15, -0.1) is 0 Å². The summed E-state index contributed by atoms with van der Waals surface area (Å²) in [6.45, 7) is 6.09. The van der Waals surface area contributed by atoms with Crippen LogP contribution in [0.15, 0.2) is 0 Å². The molecule has 1 rings (SSSR count). The molecule has 17 heavy (non-hydrogen) atoms. The van der Waals surface area contributed by atoms with Gasteiger partial charge in [0.1, 0.15) is 0 Å². The van der Waals surface area contributed by atoms with Gasteiger partial charge in [0.05, 0.1) is 6.04 Å². The van der Waals surface area contributed by atoms with Gasteiger partial charge in [0, 0.05) is 19.5 Å². The molecule has 98 valence electrons. The number of hydrogen-bond acceptors (Lipinski definition) is 3. The first-order valence-corrected chi connectivity index (χ1v) is 6.43. The van der Waals surface area contributed by atoms with Gasteiger partial charge in [-0.2, -0.15) is 0 Å². The van der Waals surface area contributed by atoms with Gasteiger partial charge >= 0.3 is 0 Å². The molecule has 0 spiro atoms. The SMILES string of the molecule is CCCNC(=O)CCNC(=O)C1NCCC1C. The molecular formula is C12H23N3O2. The molecule has 0 saturated carbocycles. The van der Waals surface area contributed by atoms with E-state index in [9.17, 15) is 9.59 Å². The standard InChI is InChI=1S/C12H23N3O2/c1-3-6-13-10(16)5-8-15-12(17)11-9(2)4-7-14-11/h9,11,14H,3-8H2,1-2H3,(H,13,16)(H,15,17). The molecule has 1 fully saturated rings. The highest BCUT2D eigenvalue weighted by molar-refractivity contribution is 5.83. The molecule has 0 bridgehead atoms. The quantitative estimate of drug-likeness (QED) is 0.614. The maximum atomic E-state index is 11.7. The van der Waals surface area contributed by atoms with E-state index in [2.05, 4.69) is 22.9 Å². The smallest absolute Gasteiger partial charge is 0.237 e. The van der Waals surface area contributed by atoms with Crippen LogP contribution < -0.4 is 16.0 Å². The molecule has 2 atom stereocenters. The van der Waals surface area contributed by atoms with Crippen molar-refractivity contribution in [3.05, 3.63) is 0 Å². The Hall–Kier alpha value is -1.10. The molecule has 0 aromatic heterocycles. The highest BCUT2D eigenvalue weighted by atomic mass is 16.2. The Morgan fingerprint density at radius 2 is 2.06 bits per heavy atom. The molecular weight excluding hydrogens is 218 g/mol. The third-order valence-electron chi connectivity index (χ3n) is 3.04. The van der Waals surface area contributed by atoms with Crippen molar-refractivity contribution in [3.63, 3.8) is 0 Å². The lowest BCUT2D eigenvalue weighted by molar-refractivity contribution is -0.124. The van der Waals surface area contributed by atoms with E-state index in [-0.39, 0.29) is 17.9 Å². The van der Waals surface area contributed by atoms with E-state index in [0.29, 0.717) is 25.4 Å². The summed E-state index contributed by atoms with van der Waals surface area (Å²) in [4.78, 5) is 23.0. The maximum Gasteiger partial charge on any atom is 0.237 e. The van der Waals surface area contributed by atoms with E-state index in [1.165, 1.54) is 0 Å². The Morgan fingerprint density at radius 1 is 1.29 bits per heavy atom. The van der Waals surface area contributed by atoms with Crippen LogP contribution >= 0.6 is 0 Å². The largest absolute Gasteiger partial charge is 0.356 e. The molecule has 1 aliphatic rings. The van der Waals surface area contributed by atoms with Gasteiger partial charge in [0.2, 0.25) is 11.8 Å². The molecule has 1 heterocycles. The second-order valence-corrected chi connectivity index (χ2v) is 4.59. The van der Waals surface area contributed by atoms with E-state index < -0.39 is 0 Å². The summed E-state index contributed by atoms with van der Waals surface area (Å²) < 4.78 is 0. The molecule has 5 nitrogen and oxygen atoms in total. The monoisotopic (exact) mass is 241 g/mol. The Bertz CT molecular complexity index is 268. The Kier molecular flexibility index (Phi) is 5.97. The molecule has 2 amide bonds. The number of amides is 2. The number of hydrogen-bond donors (Lipinski definition) is 3. The molecule has 0 aromatic rings.